The predicted octanol–water partition coefficient (Wildman–Crippen LogP) is 1.16. The minimum Gasteiger partial charge on any atom is -0.399 e. The zero-order valence-electron chi connectivity index (χ0n) is 10.5. The summed E-state index contributed by atoms with van der Waals surface area (Å²) in [6, 6.07) is 3.34. The number of aromatic nitrogens is 1. The van der Waals surface area contributed by atoms with Gasteiger partial charge in [0.05, 0.1) is 6.61 Å². The fourth-order valence-electron chi connectivity index (χ4n) is 1.49. The molecule has 0 unspecified atom stereocenters. The van der Waals surface area contributed by atoms with Gasteiger partial charge in [-0.05, 0) is 26.0 Å². The Morgan fingerprint density at radius 3 is 2.82 bits per heavy atom. The van der Waals surface area contributed by atoms with E-state index in [1.54, 1.807) is 24.1 Å². The minimum atomic E-state index is -0.121. The zero-order valence-corrected chi connectivity index (χ0v) is 10.5. The van der Waals surface area contributed by atoms with Gasteiger partial charge in [0.2, 0.25) is 0 Å². The SMILES string of the molecule is COCCN(C(=O)c1cc(N)ccn1)C(C)C. The van der Waals surface area contributed by atoms with Crippen molar-refractivity contribution in [2.45, 2.75) is 19.9 Å². The highest BCUT2D eigenvalue weighted by molar-refractivity contribution is 5.93. The first-order valence-corrected chi connectivity index (χ1v) is 5.57. The van der Waals surface area contributed by atoms with Crippen LogP contribution in [0.2, 0.25) is 0 Å². The van der Waals surface area contributed by atoms with E-state index in [4.69, 9.17) is 10.5 Å². The van der Waals surface area contributed by atoms with Gasteiger partial charge in [0.25, 0.3) is 5.91 Å². The summed E-state index contributed by atoms with van der Waals surface area (Å²) in [4.78, 5) is 17.9. The van der Waals surface area contributed by atoms with Crippen LogP contribution in [0.15, 0.2) is 18.3 Å². The van der Waals surface area contributed by atoms with Crippen LogP contribution in [0, 0.1) is 0 Å². The van der Waals surface area contributed by atoms with Crippen LogP contribution in [-0.4, -0.2) is 42.1 Å². The van der Waals surface area contributed by atoms with Crippen molar-refractivity contribution in [3.8, 4) is 0 Å². The van der Waals surface area contributed by atoms with E-state index >= 15 is 0 Å². The molecule has 5 nitrogen and oxygen atoms in total. The summed E-state index contributed by atoms with van der Waals surface area (Å²) < 4.78 is 4.99. The molecule has 0 aliphatic heterocycles. The van der Waals surface area contributed by atoms with Crippen LogP contribution in [0.25, 0.3) is 0 Å². The number of amides is 1. The normalized spacial score (nSPS) is 10.6. The van der Waals surface area contributed by atoms with Crippen molar-refractivity contribution in [1.29, 1.82) is 0 Å². The maximum absolute atomic E-state index is 12.2. The standard InChI is InChI=1S/C12H19N3O2/c1-9(2)15(6-7-17-3)12(16)11-8-10(13)4-5-14-11/h4-5,8-9H,6-7H2,1-3H3,(H2,13,14). The van der Waals surface area contributed by atoms with Crippen molar-refractivity contribution >= 4 is 11.6 Å². The molecular weight excluding hydrogens is 218 g/mol. The van der Waals surface area contributed by atoms with Gasteiger partial charge in [0.1, 0.15) is 5.69 Å². The topological polar surface area (TPSA) is 68.5 Å². The summed E-state index contributed by atoms with van der Waals surface area (Å²) >= 11 is 0. The summed E-state index contributed by atoms with van der Waals surface area (Å²) in [7, 11) is 1.61. The van der Waals surface area contributed by atoms with E-state index in [2.05, 4.69) is 4.98 Å². The molecule has 17 heavy (non-hydrogen) atoms. The molecule has 0 radical (unpaired) electrons. The van der Waals surface area contributed by atoms with Crippen molar-refractivity contribution in [3.05, 3.63) is 24.0 Å². The number of hydrogen-bond acceptors (Lipinski definition) is 4. The van der Waals surface area contributed by atoms with E-state index in [1.807, 2.05) is 13.8 Å². The Bertz CT molecular complexity index is 380. The Labute approximate surface area is 102 Å². The smallest absolute Gasteiger partial charge is 0.272 e. The highest BCUT2D eigenvalue weighted by Gasteiger charge is 2.19. The molecule has 1 aromatic rings. The van der Waals surface area contributed by atoms with E-state index in [0.717, 1.165) is 0 Å². The maximum atomic E-state index is 12.2. The third-order valence-corrected chi connectivity index (χ3v) is 2.42. The Balaban J connectivity index is 2.84. The number of hydrogen-bond donors (Lipinski definition) is 1. The predicted molar refractivity (Wildman–Crippen MR) is 66.7 cm³/mol. The van der Waals surface area contributed by atoms with Crippen LogP contribution < -0.4 is 5.73 Å². The van der Waals surface area contributed by atoms with Crippen LogP contribution >= 0.6 is 0 Å². The van der Waals surface area contributed by atoms with E-state index in [-0.39, 0.29) is 11.9 Å². The Hall–Kier alpha value is -1.62. The molecule has 0 spiro atoms. The Morgan fingerprint density at radius 2 is 2.29 bits per heavy atom. The molecule has 0 saturated carbocycles. The second-order valence-electron chi connectivity index (χ2n) is 4.06. The van der Waals surface area contributed by atoms with E-state index in [1.165, 1.54) is 6.20 Å². The quantitative estimate of drug-likeness (QED) is 0.834. The minimum absolute atomic E-state index is 0.0980. The number of nitrogen functional groups attached to an aromatic ring is 1. The molecule has 2 N–H and O–H groups in total. The number of nitrogens with zero attached hydrogens (tertiary/aromatic N) is 2. The third kappa shape index (κ3) is 3.71. The first-order chi connectivity index (χ1) is 8.06. The molecule has 0 aliphatic carbocycles. The van der Waals surface area contributed by atoms with Crippen molar-refractivity contribution in [2.24, 2.45) is 0 Å². The first kappa shape index (κ1) is 13.4. The summed E-state index contributed by atoms with van der Waals surface area (Å²) in [6.45, 7) is 4.97. The van der Waals surface area contributed by atoms with Crippen LogP contribution in [0.4, 0.5) is 5.69 Å². The maximum Gasteiger partial charge on any atom is 0.272 e. The van der Waals surface area contributed by atoms with Gasteiger partial charge < -0.3 is 15.4 Å². The van der Waals surface area contributed by atoms with Crippen molar-refractivity contribution in [3.63, 3.8) is 0 Å². The van der Waals surface area contributed by atoms with Gasteiger partial charge in [0, 0.05) is 31.6 Å². The van der Waals surface area contributed by atoms with Gasteiger partial charge in [-0.15, -0.1) is 0 Å². The van der Waals surface area contributed by atoms with Crippen molar-refractivity contribution in [2.75, 3.05) is 26.0 Å². The second-order valence-corrected chi connectivity index (χ2v) is 4.06. The number of carbonyl (C=O) groups excluding carboxylic acids is 1. The molecule has 0 bridgehead atoms. The zero-order chi connectivity index (χ0) is 12.8. The number of pyridine rings is 1. The summed E-state index contributed by atoms with van der Waals surface area (Å²) in [5.74, 6) is -0.121. The fraction of sp³-hybridized carbons (Fsp3) is 0.500. The molecule has 0 fully saturated rings. The average Bonchev–Trinajstić information content (AvgIpc) is 2.29. The molecular formula is C12H19N3O2. The van der Waals surface area contributed by atoms with Crippen molar-refractivity contribution in [1.82, 2.24) is 9.88 Å². The van der Waals surface area contributed by atoms with Crippen LogP contribution in [0.1, 0.15) is 24.3 Å². The first-order valence-electron chi connectivity index (χ1n) is 5.57. The number of ether oxygens (including phenoxy) is 1. The van der Waals surface area contributed by atoms with Gasteiger partial charge in [-0.3, -0.25) is 9.78 Å². The number of rotatable bonds is 5. The third-order valence-electron chi connectivity index (χ3n) is 2.42. The van der Waals surface area contributed by atoms with Gasteiger partial charge in [0.15, 0.2) is 0 Å². The Kier molecular flexibility index (Phi) is 4.90. The molecule has 0 aromatic carbocycles. The number of methoxy groups -OCH3 is 1. The largest absolute Gasteiger partial charge is 0.399 e. The number of anilines is 1. The monoisotopic (exact) mass is 237 g/mol. The molecule has 1 aromatic heterocycles. The second kappa shape index (κ2) is 6.20. The molecule has 5 heteroatoms. The van der Waals surface area contributed by atoms with E-state index in [9.17, 15) is 4.79 Å². The van der Waals surface area contributed by atoms with Gasteiger partial charge in [-0.1, -0.05) is 0 Å². The lowest BCUT2D eigenvalue weighted by atomic mass is 10.2. The van der Waals surface area contributed by atoms with E-state index in [0.29, 0.717) is 24.5 Å². The van der Waals surface area contributed by atoms with Crippen LogP contribution in [0.3, 0.4) is 0 Å². The molecule has 1 heterocycles. The lowest BCUT2D eigenvalue weighted by Gasteiger charge is -2.26. The molecule has 94 valence electrons. The molecule has 0 aliphatic rings. The van der Waals surface area contributed by atoms with Gasteiger partial charge in [-0.25, -0.2) is 0 Å². The lowest BCUT2D eigenvalue weighted by molar-refractivity contribution is 0.0629. The van der Waals surface area contributed by atoms with Gasteiger partial charge >= 0.3 is 0 Å². The highest BCUT2D eigenvalue weighted by Crippen LogP contribution is 2.09. The number of nitrogens with two attached hydrogens (primary N) is 1. The molecule has 1 rings (SSSR count). The summed E-state index contributed by atoms with van der Waals surface area (Å²) in [5.41, 5.74) is 6.55. The van der Waals surface area contributed by atoms with Crippen LogP contribution in [-0.2, 0) is 4.74 Å². The summed E-state index contributed by atoms with van der Waals surface area (Å²) in [6.07, 6.45) is 1.54. The summed E-state index contributed by atoms with van der Waals surface area (Å²) in [5, 5.41) is 0. The molecule has 0 saturated heterocycles. The van der Waals surface area contributed by atoms with Gasteiger partial charge in [-0.2, -0.15) is 0 Å². The highest BCUT2D eigenvalue weighted by atomic mass is 16.5. The van der Waals surface area contributed by atoms with Crippen LogP contribution in [0.5, 0.6) is 0 Å². The fourth-order valence-corrected chi connectivity index (χ4v) is 1.49. The molecule has 0 atom stereocenters. The molecule has 1 amide bonds. The lowest BCUT2D eigenvalue weighted by Crippen LogP contribution is -2.39. The van der Waals surface area contributed by atoms with E-state index < -0.39 is 0 Å². The Morgan fingerprint density at radius 1 is 1.59 bits per heavy atom. The van der Waals surface area contributed by atoms with Crippen molar-refractivity contribution < 1.29 is 9.53 Å². The number of carbonyl (C=O) groups is 1. The average molecular weight is 237 g/mol.